The molecule has 0 aliphatic heterocycles. The number of benzene rings is 1. The lowest BCUT2D eigenvalue weighted by atomic mass is 10.1. The highest BCUT2D eigenvalue weighted by atomic mass is 35.5. The van der Waals surface area contributed by atoms with Crippen LogP contribution in [0, 0.1) is 0 Å². The van der Waals surface area contributed by atoms with Crippen molar-refractivity contribution >= 4 is 17.5 Å². The molecule has 0 aromatic heterocycles. The third-order valence-corrected chi connectivity index (χ3v) is 3.66. The molecule has 1 N–H and O–H groups in total. The second-order valence-electron chi connectivity index (χ2n) is 4.46. The zero-order valence-corrected chi connectivity index (χ0v) is 13.6. The van der Waals surface area contributed by atoms with Crippen LogP contribution in [0.3, 0.4) is 0 Å². The number of amides is 1. The van der Waals surface area contributed by atoms with E-state index in [4.69, 9.17) is 25.8 Å². The first kappa shape index (κ1) is 17.4. The second-order valence-corrected chi connectivity index (χ2v) is 5.07. The van der Waals surface area contributed by atoms with Crippen molar-refractivity contribution < 1.29 is 19.0 Å². The van der Waals surface area contributed by atoms with Gasteiger partial charge in [0.2, 0.25) is 0 Å². The SMILES string of the molecule is CCC(Cl)CCNC(=O)c1cc(OC)c(OC)cc1OC. The highest BCUT2D eigenvalue weighted by Crippen LogP contribution is 2.34. The predicted octanol–water partition coefficient (Wildman–Crippen LogP) is 2.85. The molecule has 118 valence electrons. The van der Waals surface area contributed by atoms with E-state index in [1.54, 1.807) is 12.1 Å². The molecule has 1 atom stereocenters. The minimum absolute atomic E-state index is 0.0672. The highest BCUT2D eigenvalue weighted by Gasteiger charge is 2.17. The van der Waals surface area contributed by atoms with Crippen LogP contribution in [0.4, 0.5) is 0 Å². The zero-order chi connectivity index (χ0) is 15.8. The first-order valence-electron chi connectivity index (χ1n) is 6.79. The molecular weight excluding hydrogens is 294 g/mol. The van der Waals surface area contributed by atoms with Gasteiger partial charge < -0.3 is 19.5 Å². The van der Waals surface area contributed by atoms with Crippen LogP contribution < -0.4 is 19.5 Å². The molecule has 0 fully saturated rings. The van der Waals surface area contributed by atoms with Crippen LogP contribution in [0.15, 0.2) is 12.1 Å². The van der Waals surface area contributed by atoms with Gasteiger partial charge in [0, 0.05) is 24.1 Å². The molecule has 1 rings (SSSR count). The smallest absolute Gasteiger partial charge is 0.255 e. The fourth-order valence-electron chi connectivity index (χ4n) is 1.85. The van der Waals surface area contributed by atoms with E-state index in [2.05, 4.69) is 5.32 Å². The van der Waals surface area contributed by atoms with E-state index in [0.717, 1.165) is 12.8 Å². The Bertz CT molecular complexity index is 479. The molecule has 0 saturated heterocycles. The number of carbonyl (C=O) groups is 1. The van der Waals surface area contributed by atoms with Gasteiger partial charge in [-0.3, -0.25) is 4.79 Å². The van der Waals surface area contributed by atoms with Gasteiger partial charge in [0.05, 0.1) is 26.9 Å². The monoisotopic (exact) mass is 315 g/mol. The van der Waals surface area contributed by atoms with Crippen LogP contribution in [-0.4, -0.2) is 39.2 Å². The summed E-state index contributed by atoms with van der Waals surface area (Å²) in [6, 6.07) is 3.23. The third kappa shape index (κ3) is 4.70. The van der Waals surface area contributed by atoms with Crippen LogP contribution in [0.1, 0.15) is 30.1 Å². The highest BCUT2D eigenvalue weighted by molar-refractivity contribution is 6.20. The summed E-state index contributed by atoms with van der Waals surface area (Å²) in [5.41, 5.74) is 0.401. The van der Waals surface area contributed by atoms with E-state index in [0.29, 0.717) is 29.4 Å². The molecule has 5 nitrogen and oxygen atoms in total. The van der Waals surface area contributed by atoms with Gasteiger partial charge in [-0.2, -0.15) is 0 Å². The quantitative estimate of drug-likeness (QED) is 0.749. The van der Waals surface area contributed by atoms with Crippen LogP contribution >= 0.6 is 11.6 Å². The van der Waals surface area contributed by atoms with Gasteiger partial charge >= 0.3 is 0 Å². The number of rotatable bonds is 8. The lowest BCUT2D eigenvalue weighted by Gasteiger charge is -2.14. The maximum Gasteiger partial charge on any atom is 0.255 e. The summed E-state index contributed by atoms with van der Waals surface area (Å²) in [7, 11) is 4.55. The van der Waals surface area contributed by atoms with Gasteiger partial charge in [0.1, 0.15) is 5.75 Å². The summed E-state index contributed by atoms with van der Waals surface area (Å²) in [6.45, 7) is 2.52. The molecule has 0 radical (unpaired) electrons. The fraction of sp³-hybridized carbons (Fsp3) is 0.533. The van der Waals surface area contributed by atoms with Crippen LogP contribution in [-0.2, 0) is 0 Å². The van der Waals surface area contributed by atoms with Crippen LogP contribution in [0.2, 0.25) is 0 Å². The van der Waals surface area contributed by atoms with Crippen molar-refractivity contribution in [3.05, 3.63) is 17.7 Å². The summed E-state index contributed by atoms with van der Waals surface area (Å²) in [6.07, 6.45) is 1.59. The molecule has 1 amide bonds. The molecule has 21 heavy (non-hydrogen) atoms. The standard InChI is InChI=1S/C15H22ClNO4/c1-5-10(16)6-7-17-15(18)11-8-13(20-3)14(21-4)9-12(11)19-2/h8-10H,5-7H2,1-4H3,(H,17,18). The molecule has 0 aliphatic carbocycles. The molecule has 1 aromatic rings. The van der Waals surface area contributed by atoms with Gasteiger partial charge in [-0.15, -0.1) is 11.6 Å². The zero-order valence-electron chi connectivity index (χ0n) is 12.9. The average molecular weight is 316 g/mol. The Balaban J connectivity index is 2.87. The van der Waals surface area contributed by atoms with Gasteiger partial charge in [0.25, 0.3) is 5.91 Å². The van der Waals surface area contributed by atoms with E-state index in [9.17, 15) is 4.79 Å². The minimum atomic E-state index is -0.229. The van der Waals surface area contributed by atoms with Crippen molar-refractivity contribution in [3.63, 3.8) is 0 Å². The molecule has 0 saturated carbocycles. The largest absolute Gasteiger partial charge is 0.496 e. The first-order chi connectivity index (χ1) is 10.1. The van der Waals surface area contributed by atoms with Crippen molar-refractivity contribution in [2.75, 3.05) is 27.9 Å². The molecule has 0 spiro atoms. The van der Waals surface area contributed by atoms with Crippen molar-refractivity contribution in [2.24, 2.45) is 0 Å². The molecule has 0 heterocycles. The average Bonchev–Trinajstić information content (AvgIpc) is 2.52. The summed E-state index contributed by atoms with van der Waals surface area (Å²) < 4.78 is 15.6. The summed E-state index contributed by atoms with van der Waals surface area (Å²) >= 11 is 6.03. The lowest BCUT2D eigenvalue weighted by molar-refractivity contribution is 0.0949. The Morgan fingerprint density at radius 1 is 1.14 bits per heavy atom. The number of methoxy groups -OCH3 is 3. The van der Waals surface area contributed by atoms with Gasteiger partial charge in [0.15, 0.2) is 11.5 Å². The number of hydrogen-bond acceptors (Lipinski definition) is 4. The molecule has 1 unspecified atom stereocenters. The maximum atomic E-state index is 12.2. The Morgan fingerprint density at radius 3 is 2.24 bits per heavy atom. The van der Waals surface area contributed by atoms with Crippen molar-refractivity contribution in [2.45, 2.75) is 25.1 Å². The molecule has 6 heteroatoms. The predicted molar refractivity (Wildman–Crippen MR) is 83.0 cm³/mol. The van der Waals surface area contributed by atoms with E-state index < -0.39 is 0 Å². The van der Waals surface area contributed by atoms with E-state index in [1.165, 1.54) is 21.3 Å². The fourth-order valence-corrected chi connectivity index (χ4v) is 1.96. The Hall–Kier alpha value is -1.62. The number of nitrogens with one attached hydrogen (secondary N) is 1. The van der Waals surface area contributed by atoms with Gasteiger partial charge in [-0.05, 0) is 12.8 Å². The Kier molecular flexibility index (Phi) is 7.15. The van der Waals surface area contributed by atoms with Crippen molar-refractivity contribution in [1.29, 1.82) is 0 Å². The Labute approximate surface area is 130 Å². The summed E-state index contributed by atoms with van der Waals surface area (Å²) in [4.78, 5) is 12.2. The van der Waals surface area contributed by atoms with Crippen molar-refractivity contribution in [3.8, 4) is 17.2 Å². The number of halogens is 1. The number of carbonyl (C=O) groups excluding carboxylic acids is 1. The van der Waals surface area contributed by atoms with E-state index in [1.807, 2.05) is 6.92 Å². The normalized spacial score (nSPS) is 11.7. The number of alkyl halides is 1. The molecule has 0 bridgehead atoms. The Morgan fingerprint density at radius 2 is 1.71 bits per heavy atom. The molecular formula is C15H22ClNO4. The lowest BCUT2D eigenvalue weighted by Crippen LogP contribution is -2.26. The first-order valence-corrected chi connectivity index (χ1v) is 7.23. The van der Waals surface area contributed by atoms with Gasteiger partial charge in [-0.25, -0.2) is 0 Å². The van der Waals surface area contributed by atoms with Crippen LogP contribution in [0.5, 0.6) is 17.2 Å². The third-order valence-electron chi connectivity index (χ3n) is 3.14. The van der Waals surface area contributed by atoms with Gasteiger partial charge in [-0.1, -0.05) is 6.92 Å². The molecule has 1 aromatic carbocycles. The molecule has 0 aliphatic rings. The van der Waals surface area contributed by atoms with E-state index in [-0.39, 0.29) is 11.3 Å². The van der Waals surface area contributed by atoms with E-state index >= 15 is 0 Å². The van der Waals surface area contributed by atoms with Crippen molar-refractivity contribution in [1.82, 2.24) is 5.32 Å². The minimum Gasteiger partial charge on any atom is -0.496 e. The topological polar surface area (TPSA) is 56.8 Å². The summed E-state index contributed by atoms with van der Waals surface area (Å²) in [5, 5.41) is 2.90. The number of ether oxygens (including phenoxy) is 3. The summed E-state index contributed by atoms with van der Waals surface area (Å²) in [5.74, 6) is 1.20. The second kappa shape index (κ2) is 8.62. The number of hydrogen-bond donors (Lipinski definition) is 1. The van der Waals surface area contributed by atoms with Crippen LogP contribution in [0.25, 0.3) is 0 Å². The maximum absolute atomic E-state index is 12.2.